The molecule has 0 saturated carbocycles. The van der Waals surface area contributed by atoms with Gasteiger partial charge in [0.15, 0.2) is 12.4 Å². The van der Waals surface area contributed by atoms with Gasteiger partial charge in [-0.2, -0.15) is 0 Å². The number of hydrogen-bond acceptors (Lipinski definition) is 7. The van der Waals surface area contributed by atoms with E-state index >= 15 is 0 Å². The van der Waals surface area contributed by atoms with Crippen molar-refractivity contribution in [3.63, 3.8) is 0 Å². The zero-order valence-electron chi connectivity index (χ0n) is 16.6. The zero-order valence-corrected chi connectivity index (χ0v) is 16.6. The minimum atomic E-state index is -0.466. The first-order chi connectivity index (χ1) is 14.6. The van der Waals surface area contributed by atoms with Crippen LogP contribution >= 0.6 is 0 Å². The Morgan fingerprint density at radius 1 is 1.00 bits per heavy atom. The van der Waals surface area contributed by atoms with Gasteiger partial charge in [-0.05, 0) is 38.1 Å². The van der Waals surface area contributed by atoms with E-state index in [9.17, 15) is 4.79 Å². The lowest BCUT2D eigenvalue weighted by Gasteiger charge is -2.07. The molecule has 0 amide bonds. The first kappa shape index (κ1) is 19.4. The molecule has 0 saturated heterocycles. The molecule has 0 radical (unpaired) electrons. The van der Waals surface area contributed by atoms with Crippen LogP contribution in [0.15, 0.2) is 69.7 Å². The van der Waals surface area contributed by atoms with Gasteiger partial charge in [0, 0.05) is 5.56 Å². The van der Waals surface area contributed by atoms with E-state index < -0.39 is 5.97 Å². The van der Waals surface area contributed by atoms with E-state index in [2.05, 4.69) is 10.1 Å². The maximum Gasteiger partial charge on any atom is 0.338 e. The molecule has 0 fully saturated rings. The smallest absolute Gasteiger partial charge is 0.338 e. The Hall–Kier alpha value is -3.87. The summed E-state index contributed by atoms with van der Waals surface area (Å²) in [6, 6.07) is 16.3. The van der Waals surface area contributed by atoms with Crippen molar-refractivity contribution in [2.24, 2.45) is 0 Å². The van der Waals surface area contributed by atoms with E-state index in [1.54, 1.807) is 30.5 Å². The number of hydrogen-bond donors (Lipinski definition) is 0. The molecule has 30 heavy (non-hydrogen) atoms. The van der Waals surface area contributed by atoms with Gasteiger partial charge in [0.1, 0.15) is 18.1 Å². The third-order valence-electron chi connectivity index (χ3n) is 4.59. The Balaban J connectivity index is 1.31. The molecule has 0 aliphatic carbocycles. The van der Waals surface area contributed by atoms with Gasteiger partial charge < -0.3 is 18.4 Å². The number of aryl methyl sites for hydroxylation is 2. The minimum Gasteiger partial charge on any atom is -0.489 e. The maximum absolute atomic E-state index is 12.3. The highest BCUT2D eigenvalue weighted by Gasteiger charge is 2.13. The molecule has 2 heterocycles. The largest absolute Gasteiger partial charge is 0.489 e. The highest BCUT2D eigenvalue weighted by Crippen LogP contribution is 2.21. The van der Waals surface area contributed by atoms with Crippen LogP contribution in [0.5, 0.6) is 5.75 Å². The maximum atomic E-state index is 12.3. The van der Waals surface area contributed by atoms with Crippen LogP contribution in [-0.2, 0) is 18.0 Å². The Kier molecular flexibility index (Phi) is 5.61. The van der Waals surface area contributed by atoms with Crippen LogP contribution in [0, 0.1) is 13.8 Å². The van der Waals surface area contributed by atoms with Crippen LogP contribution in [0.1, 0.15) is 33.3 Å². The van der Waals surface area contributed by atoms with Gasteiger partial charge in [0.25, 0.3) is 0 Å². The molecule has 0 bridgehead atoms. The second-order valence-electron chi connectivity index (χ2n) is 6.68. The molecule has 0 atom stereocenters. The summed E-state index contributed by atoms with van der Waals surface area (Å²) in [6.07, 6.45) is 1.61. The van der Waals surface area contributed by atoms with Crippen molar-refractivity contribution >= 4 is 5.97 Å². The fraction of sp³-hybridized carbons (Fsp3) is 0.174. The molecular formula is C23H20N2O5. The lowest BCUT2D eigenvalue weighted by molar-refractivity contribution is 0.0439. The normalized spacial score (nSPS) is 10.7. The minimum absolute atomic E-state index is 0.0457. The first-order valence-electron chi connectivity index (χ1n) is 9.42. The predicted molar refractivity (Wildman–Crippen MR) is 108 cm³/mol. The van der Waals surface area contributed by atoms with Crippen molar-refractivity contribution in [3.05, 3.63) is 89.3 Å². The Labute approximate surface area is 173 Å². The van der Waals surface area contributed by atoms with Gasteiger partial charge in [-0.25, -0.2) is 9.78 Å². The van der Waals surface area contributed by atoms with Gasteiger partial charge in [-0.1, -0.05) is 35.5 Å². The summed E-state index contributed by atoms with van der Waals surface area (Å²) in [5.74, 6) is 1.86. The van der Waals surface area contributed by atoms with E-state index in [-0.39, 0.29) is 6.61 Å². The molecule has 2 aromatic heterocycles. The van der Waals surface area contributed by atoms with Crippen LogP contribution < -0.4 is 4.74 Å². The van der Waals surface area contributed by atoms with Crippen LogP contribution in [-0.4, -0.2) is 16.1 Å². The average molecular weight is 404 g/mol. The summed E-state index contributed by atoms with van der Waals surface area (Å²) in [7, 11) is 0. The van der Waals surface area contributed by atoms with E-state index in [0.29, 0.717) is 29.6 Å². The van der Waals surface area contributed by atoms with Crippen molar-refractivity contribution < 1.29 is 23.2 Å². The molecule has 0 spiro atoms. The van der Waals surface area contributed by atoms with E-state index in [0.717, 1.165) is 22.6 Å². The lowest BCUT2D eigenvalue weighted by atomic mass is 10.2. The van der Waals surface area contributed by atoms with Gasteiger partial charge in [-0.3, -0.25) is 0 Å². The highest BCUT2D eigenvalue weighted by atomic mass is 16.5. The first-order valence-corrected chi connectivity index (χ1v) is 9.42. The number of rotatable bonds is 7. The standard InChI is InChI=1S/C23H20N2O5/c1-15-20(16(2)30-25-15)13-27-19-10-8-18(9-11-19)23(26)28-14-22-24-12-21(29-22)17-6-4-3-5-7-17/h3-12H,13-14H2,1-2H3. The van der Waals surface area contributed by atoms with Crippen LogP contribution in [0.3, 0.4) is 0 Å². The number of oxazole rings is 1. The fourth-order valence-electron chi connectivity index (χ4n) is 2.87. The molecule has 7 heteroatoms. The van der Waals surface area contributed by atoms with Crippen molar-refractivity contribution in [3.8, 4) is 17.1 Å². The molecule has 0 unspecified atom stereocenters. The fourth-order valence-corrected chi connectivity index (χ4v) is 2.87. The van der Waals surface area contributed by atoms with E-state index in [1.807, 2.05) is 44.2 Å². The molecule has 7 nitrogen and oxygen atoms in total. The summed E-state index contributed by atoms with van der Waals surface area (Å²) in [6.45, 7) is 4.01. The molecule has 2 aromatic carbocycles. The summed E-state index contributed by atoms with van der Waals surface area (Å²) >= 11 is 0. The van der Waals surface area contributed by atoms with Crippen molar-refractivity contribution in [1.82, 2.24) is 10.1 Å². The van der Waals surface area contributed by atoms with Crippen molar-refractivity contribution in [2.75, 3.05) is 0 Å². The molecule has 0 aliphatic heterocycles. The zero-order chi connectivity index (χ0) is 20.9. The molecule has 4 aromatic rings. The average Bonchev–Trinajstić information content (AvgIpc) is 3.38. The van der Waals surface area contributed by atoms with Gasteiger partial charge in [0.2, 0.25) is 5.89 Å². The lowest BCUT2D eigenvalue weighted by Crippen LogP contribution is -2.05. The quantitative estimate of drug-likeness (QED) is 0.406. The van der Waals surface area contributed by atoms with Gasteiger partial charge >= 0.3 is 5.97 Å². The molecule has 152 valence electrons. The number of ether oxygens (including phenoxy) is 2. The number of aromatic nitrogens is 2. The van der Waals surface area contributed by atoms with Crippen LogP contribution in [0.25, 0.3) is 11.3 Å². The number of carbonyl (C=O) groups excluding carboxylic acids is 1. The number of esters is 1. The molecular weight excluding hydrogens is 384 g/mol. The second kappa shape index (κ2) is 8.65. The second-order valence-corrected chi connectivity index (χ2v) is 6.68. The third-order valence-corrected chi connectivity index (χ3v) is 4.59. The Bertz CT molecular complexity index is 1110. The van der Waals surface area contributed by atoms with Crippen molar-refractivity contribution in [2.45, 2.75) is 27.1 Å². The topological polar surface area (TPSA) is 87.6 Å². The van der Waals surface area contributed by atoms with E-state index in [1.165, 1.54) is 0 Å². The van der Waals surface area contributed by atoms with Crippen molar-refractivity contribution in [1.29, 1.82) is 0 Å². The highest BCUT2D eigenvalue weighted by molar-refractivity contribution is 5.89. The summed E-state index contributed by atoms with van der Waals surface area (Å²) in [5, 5.41) is 3.90. The predicted octanol–water partition coefficient (Wildman–Crippen LogP) is 4.88. The third kappa shape index (κ3) is 4.41. The van der Waals surface area contributed by atoms with Crippen LogP contribution in [0.4, 0.5) is 0 Å². The number of carbonyl (C=O) groups is 1. The molecule has 4 rings (SSSR count). The number of benzene rings is 2. The molecule has 0 aliphatic rings. The Morgan fingerprint density at radius 2 is 1.77 bits per heavy atom. The summed E-state index contributed by atoms with van der Waals surface area (Å²) in [5.41, 5.74) is 3.04. The van der Waals surface area contributed by atoms with Gasteiger partial charge in [-0.15, -0.1) is 0 Å². The number of nitrogens with zero attached hydrogens (tertiary/aromatic N) is 2. The SMILES string of the molecule is Cc1noc(C)c1COc1ccc(C(=O)OCc2ncc(-c3ccccc3)o2)cc1. The molecule has 0 N–H and O–H groups in total. The monoisotopic (exact) mass is 404 g/mol. The van der Waals surface area contributed by atoms with Gasteiger partial charge in [0.05, 0.1) is 23.0 Å². The summed E-state index contributed by atoms with van der Waals surface area (Å²) in [4.78, 5) is 16.4. The Morgan fingerprint density at radius 3 is 2.47 bits per heavy atom. The summed E-state index contributed by atoms with van der Waals surface area (Å²) < 4.78 is 21.8. The van der Waals surface area contributed by atoms with Crippen LogP contribution in [0.2, 0.25) is 0 Å². The van der Waals surface area contributed by atoms with E-state index in [4.69, 9.17) is 18.4 Å².